The van der Waals surface area contributed by atoms with Crippen LogP contribution < -0.4 is 19.0 Å². The van der Waals surface area contributed by atoms with E-state index in [9.17, 15) is 0 Å². The van der Waals surface area contributed by atoms with Gasteiger partial charge in [0, 0.05) is 23.2 Å². The summed E-state index contributed by atoms with van der Waals surface area (Å²) in [4.78, 5) is 10.2. The Morgan fingerprint density at radius 2 is 1.71 bits per heavy atom. The lowest BCUT2D eigenvalue weighted by Gasteiger charge is -2.21. The van der Waals surface area contributed by atoms with E-state index in [1.807, 2.05) is 24.3 Å². The van der Waals surface area contributed by atoms with Crippen molar-refractivity contribution in [2.24, 2.45) is 4.99 Å². The van der Waals surface area contributed by atoms with Crippen molar-refractivity contribution in [1.29, 1.82) is 0 Å². The molecule has 164 valence electrons. The Labute approximate surface area is 187 Å². The van der Waals surface area contributed by atoms with Gasteiger partial charge < -0.3 is 18.8 Å². The highest BCUT2D eigenvalue weighted by atomic mass is 32.1. The number of hydrogen-bond acceptors (Lipinski definition) is 6. The zero-order valence-electron chi connectivity index (χ0n) is 18.3. The molecule has 3 aromatic rings. The lowest BCUT2D eigenvalue weighted by Crippen LogP contribution is -2.21. The van der Waals surface area contributed by atoms with Crippen LogP contribution in [0.25, 0.3) is 11.3 Å². The molecule has 0 radical (unpaired) electrons. The Balaban J connectivity index is 1.89. The molecular weight excluding hydrogens is 410 g/mol. The average molecular weight is 440 g/mol. The van der Waals surface area contributed by atoms with Crippen molar-refractivity contribution in [1.82, 2.24) is 9.55 Å². The summed E-state index contributed by atoms with van der Waals surface area (Å²) in [6.45, 7) is 0. The number of rotatable bonds is 6. The van der Waals surface area contributed by atoms with E-state index < -0.39 is 0 Å². The van der Waals surface area contributed by atoms with E-state index >= 15 is 0 Å². The maximum atomic E-state index is 5.61. The molecule has 2 heterocycles. The highest BCUT2D eigenvalue weighted by molar-refractivity contribution is 7.07. The van der Waals surface area contributed by atoms with Crippen LogP contribution in [0.1, 0.15) is 44.6 Å². The maximum Gasteiger partial charge on any atom is 0.203 e. The van der Waals surface area contributed by atoms with E-state index in [1.54, 1.807) is 45.1 Å². The van der Waals surface area contributed by atoms with Crippen LogP contribution in [0.3, 0.4) is 0 Å². The van der Waals surface area contributed by atoms with E-state index in [4.69, 9.17) is 19.2 Å². The van der Waals surface area contributed by atoms with Crippen LogP contribution in [0.2, 0.25) is 0 Å². The first-order valence-electron chi connectivity index (χ1n) is 10.7. The number of aromatic nitrogens is 2. The Morgan fingerprint density at radius 3 is 2.29 bits per heavy atom. The van der Waals surface area contributed by atoms with Gasteiger partial charge in [-0.15, -0.1) is 11.3 Å². The maximum absolute atomic E-state index is 5.61. The second kappa shape index (κ2) is 10.0. The summed E-state index contributed by atoms with van der Waals surface area (Å²) in [7, 11) is 4.93. The molecular formula is C24H29N3O3S. The van der Waals surface area contributed by atoms with E-state index in [-0.39, 0.29) is 0 Å². The van der Waals surface area contributed by atoms with E-state index in [1.165, 1.54) is 25.7 Å². The topological polar surface area (TPSA) is 57.9 Å². The minimum Gasteiger partial charge on any atom is -0.493 e. The van der Waals surface area contributed by atoms with Gasteiger partial charge in [0.25, 0.3) is 0 Å². The molecule has 1 aromatic carbocycles. The van der Waals surface area contributed by atoms with Crippen molar-refractivity contribution in [3.05, 3.63) is 46.8 Å². The van der Waals surface area contributed by atoms with E-state index in [0.29, 0.717) is 23.3 Å². The fourth-order valence-electron chi connectivity index (χ4n) is 4.24. The Kier molecular flexibility index (Phi) is 6.92. The van der Waals surface area contributed by atoms with Gasteiger partial charge in [0.05, 0.1) is 38.9 Å². The van der Waals surface area contributed by atoms with Gasteiger partial charge in [0.1, 0.15) is 0 Å². The third kappa shape index (κ3) is 4.61. The smallest absolute Gasteiger partial charge is 0.203 e. The number of pyridine rings is 1. The van der Waals surface area contributed by atoms with Crippen LogP contribution >= 0.6 is 11.3 Å². The number of methoxy groups -OCH3 is 3. The zero-order valence-corrected chi connectivity index (χ0v) is 19.2. The molecule has 0 amide bonds. The number of ether oxygens (including phenoxy) is 3. The predicted octanol–water partition coefficient (Wildman–Crippen LogP) is 5.77. The molecule has 1 aliphatic rings. The fourth-order valence-corrected chi connectivity index (χ4v) is 5.23. The first kappa shape index (κ1) is 21.4. The third-order valence-electron chi connectivity index (χ3n) is 5.76. The SMILES string of the molecule is COc1cc(-c2csc(=Nc3cccnc3)n2C2CCCCCC2)cc(OC)c1OC. The van der Waals surface area contributed by atoms with Gasteiger partial charge in [0.15, 0.2) is 16.3 Å². The van der Waals surface area contributed by atoms with Crippen LogP contribution in [0.15, 0.2) is 47.0 Å². The standard InChI is InChI=1S/C24H29N3O3S/c1-28-21-13-17(14-22(29-2)23(21)30-3)20-16-31-24(26-18-9-8-12-25-15-18)27(20)19-10-6-4-5-7-11-19/h8-9,12-16,19H,4-7,10-11H2,1-3H3. The number of nitrogens with zero attached hydrogens (tertiary/aromatic N) is 3. The molecule has 7 heteroatoms. The van der Waals surface area contributed by atoms with Gasteiger partial charge in [-0.25, -0.2) is 4.99 Å². The van der Waals surface area contributed by atoms with Crippen molar-refractivity contribution >= 4 is 17.0 Å². The average Bonchev–Trinajstić information content (AvgIpc) is 3.03. The van der Waals surface area contributed by atoms with Crippen molar-refractivity contribution in [3.63, 3.8) is 0 Å². The molecule has 0 aliphatic heterocycles. The van der Waals surface area contributed by atoms with E-state index in [2.05, 4.69) is 14.9 Å². The molecule has 2 aromatic heterocycles. The summed E-state index contributed by atoms with van der Waals surface area (Å²) < 4.78 is 19.1. The van der Waals surface area contributed by atoms with Crippen LogP contribution in [0.4, 0.5) is 5.69 Å². The minimum atomic E-state index is 0.415. The van der Waals surface area contributed by atoms with Crippen LogP contribution in [-0.2, 0) is 0 Å². The van der Waals surface area contributed by atoms with Crippen molar-refractivity contribution in [2.45, 2.75) is 44.6 Å². The highest BCUT2D eigenvalue weighted by Crippen LogP contribution is 2.42. The number of hydrogen-bond donors (Lipinski definition) is 0. The Morgan fingerprint density at radius 1 is 1.00 bits per heavy atom. The van der Waals surface area contributed by atoms with Crippen LogP contribution in [0.5, 0.6) is 17.2 Å². The summed E-state index contributed by atoms with van der Waals surface area (Å²) in [6.07, 6.45) is 11.0. The molecule has 1 fully saturated rings. The Bertz CT molecular complexity index is 1040. The quantitative estimate of drug-likeness (QED) is 0.458. The van der Waals surface area contributed by atoms with Crippen molar-refractivity contribution in [3.8, 4) is 28.5 Å². The van der Waals surface area contributed by atoms with Gasteiger partial charge in [-0.05, 0) is 37.1 Å². The normalized spacial score (nSPS) is 15.5. The summed E-state index contributed by atoms with van der Waals surface area (Å²) in [5, 5.41) is 2.18. The highest BCUT2D eigenvalue weighted by Gasteiger charge is 2.22. The van der Waals surface area contributed by atoms with Crippen LogP contribution in [-0.4, -0.2) is 30.9 Å². The molecule has 0 N–H and O–H groups in total. The lowest BCUT2D eigenvalue weighted by atomic mass is 10.1. The molecule has 0 saturated heterocycles. The number of thiazole rings is 1. The molecule has 1 aliphatic carbocycles. The largest absolute Gasteiger partial charge is 0.493 e. The fraction of sp³-hybridized carbons (Fsp3) is 0.417. The summed E-state index contributed by atoms with van der Waals surface area (Å²) >= 11 is 1.66. The molecule has 0 bridgehead atoms. The lowest BCUT2D eigenvalue weighted by molar-refractivity contribution is 0.324. The van der Waals surface area contributed by atoms with Gasteiger partial charge in [-0.3, -0.25) is 4.98 Å². The molecule has 0 spiro atoms. The Hall–Kier alpha value is -2.80. The predicted molar refractivity (Wildman–Crippen MR) is 124 cm³/mol. The monoisotopic (exact) mass is 439 g/mol. The first-order valence-corrected chi connectivity index (χ1v) is 11.6. The molecule has 31 heavy (non-hydrogen) atoms. The molecule has 4 rings (SSSR count). The zero-order chi connectivity index (χ0) is 21.6. The van der Waals surface area contributed by atoms with Crippen molar-refractivity contribution in [2.75, 3.05) is 21.3 Å². The first-order chi connectivity index (χ1) is 15.2. The molecule has 6 nitrogen and oxygen atoms in total. The molecule has 1 saturated carbocycles. The molecule has 0 atom stereocenters. The second-order valence-electron chi connectivity index (χ2n) is 7.66. The minimum absolute atomic E-state index is 0.415. The van der Waals surface area contributed by atoms with Crippen LogP contribution in [0, 0.1) is 0 Å². The summed E-state index contributed by atoms with van der Waals surface area (Å²) in [6, 6.07) is 8.36. The third-order valence-corrected chi connectivity index (χ3v) is 6.60. The number of benzene rings is 1. The van der Waals surface area contributed by atoms with Gasteiger partial charge in [-0.1, -0.05) is 25.7 Å². The van der Waals surface area contributed by atoms with Gasteiger partial charge in [0.2, 0.25) is 5.75 Å². The second-order valence-corrected chi connectivity index (χ2v) is 8.49. The summed E-state index contributed by atoms with van der Waals surface area (Å²) in [5.74, 6) is 1.91. The molecule has 0 unspecified atom stereocenters. The van der Waals surface area contributed by atoms with Gasteiger partial charge >= 0.3 is 0 Å². The van der Waals surface area contributed by atoms with Gasteiger partial charge in [-0.2, -0.15) is 0 Å². The van der Waals surface area contributed by atoms with E-state index in [0.717, 1.165) is 34.6 Å². The van der Waals surface area contributed by atoms with Crippen molar-refractivity contribution < 1.29 is 14.2 Å². The summed E-state index contributed by atoms with van der Waals surface area (Å²) in [5.41, 5.74) is 3.02.